The Morgan fingerprint density at radius 2 is 2.13 bits per heavy atom. The van der Waals surface area contributed by atoms with E-state index in [4.69, 9.17) is 0 Å². The summed E-state index contributed by atoms with van der Waals surface area (Å²) in [4.78, 5) is 4.27. The Kier molecular flexibility index (Phi) is 2.34. The third kappa shape index (κ3) is 1.57. The maximum absolute atomic E-state index is 12.3. The van der Waals surface area contributed by atoms with E-state index in [2.05, 4.69) is 9.35 Å². The van der Waals surface area contributed by atoms with Gasteiger partial charge in [0.25, 0.3) is 0 Å². The topological polar surface area (TPSA) is 42.3 Å². The highest BCUT2D eigenvalue weighted by molar-refractivity contribution is 7.94. The number of hydrogen-bond donors (Lipinski definition) is 0. The van der Waals surface area contributed by atoms with Crippen LogP contribution < -0.4 is 0 Å². The van der Waals surface area contributed by atoms with Crippen LogP contribution in [0.3, 0.4) is 0 Å². The van der Waals surface area contributed by atoms with Gasteiger partial charge in [0, 0.05) is 25.2 Å². The standard InChI is InChI=1S/C11H16N2OS/c1-9-4-5-10(8-13-9)11(6-7-11)15(3,14)12-2/h4-5,8H,6-7H2,1-3H3. The van der Waals surface area contributed by atoms with Crippen LogP contribution in [-0.2, 0) is 14.5 Å². The SMILES string of the molecule is CN=S(C)(=O)C1(c2ccc(C)nc2)CC1. The van der Waals surface area contributed by atoms with Crippen molar-refractivity contribution in [2.75, 3.05) is 13.3 Å². The van der Waals surface area contributed by atoms with Crippen molar-refractivity contribution >= 4 is 9.73 Å². The van der Waals surface area contributed by atoms with Crippen molar-refractivity contribution in [3.05, 3.63) is 29.6 Å². The Labute approximate surface area is 91.1 Å². The average molecular weight is 224 g/mol. The van der Waals surface area contributed by atoms with E-state index in [0.29, 0.717) is 0 Å². The summed E-state index contributed by atoms with van der Waals surface area (Å²) in [5.41, 5.74) is 2.07. The molecule has 1 aromatic heterocycles. The highest BCUT2D eigenvalue weighted by atomic mass is 32.2. The smallest absolute Gasteiger partial charge is 0.0802 e. The summed E-state index contributed by atoms with van der Waals surface area (Å²) < 4.78 is 16.2. The van der Waals surface area contributed by atoms with E-state index in [-0.39, 0.29) is 4.75 Å². The Morgan fingerprint density at radius 1 is 1.47 bits per heavy atom. The first-order valence-electron chi connectivity index (χ1n) is 5.05. The molecule has 0 amide bonds. The fraction of sp³-hybridized carbons (Fsp3) is 0.545. The van der Waals surface area contributed by atoms with Crippen molar-refractivity contribution in [2.24, 2.45) is 4.36 Å². The molecule has 3 nitrogen and oxygen atoms in total. The number of aromatic nitrogens is 1. The summed E-state index contributed by atoms with van der Waals surface area (Å²) in [5, 5.41) is 0. The molecule has 1 heterocycles. The zero-order valence-corrected chi connectivity index (χ0v) is 10.2. The second kappa shape index (κ2) is 3.30. The fourth-order valence-corrected chi connectivity index (χ4v) is 3.68. The molecule has 0 N–H and O–H groups in total. The number of nitrogens with zero attached hydrogens (tertiary/aromatic N) is 2. The quantitative estimate of drug-likeness (QED) is 0.772. The zero-order valence-electron chi connectivity index (χ0n) is 9.36. The summed E-state index contributed by atoms with van der Waals surface area (Å²) in [6.07, 6.45) is 5.52. The molecular weight excluding hydrogens is 208 g/mol. The van der Waals surface area contributed by atoms with Crippen LogP contribution in [-0.4, -0.2) is 22.5 Å². The summed E-state index contributed by atoms with van der Waals surface area (Å²) in [5.74, 6) is 0. The van der Waals surface area contributed by atoms with Crippen molar-refractivity contribution in [3.63, 3.8) is 0 Å². The van der Waals surface area contributed by atoms with Gasteiger partial charge in [0.2, 0.25) is 0 Å². The van der Waals surface area contributed by atoms with E-state index < -0.39 is 9.73 Å². The Hall–Kier alpha value is -0.900. The van der Waals surface area contributed by atoms with E-state index in [9.17, 15) is 4.21 Å². The van der Waals surface area contributed by atoms with Gasteiger partial charge in [0.15, 0.2) is 0 Å². The van der Waals surface area contributed by atoms with Crippen molar-refractivity contribution in [2.45, 2.75) is 24.5 Å². The summed E-state index contributed by atoms with van der Waals surface area (Å²) in [6.45, 7) is 1.96. The maximum Gasteiger partial charge on any atom is 0.0802 e. The van der Waals surface area contributed by atoms with Gasteiger partial charge in [-0.25, -0.2) is 8.57 Å². The van der Waals surface area contributed by atoms with Crippen LogP contribution in [0.2, 0.25) is 0 Å². The predicted octanol–water partition coefficient (Wildman–Crippen LogP) is 2.11. The third-order valence-electron chi connectivity index (χ3n) is 3.21. The second-order valence-corrected chi connectivity index (χ2v) is 6.92. The van der Waals surface area contributed by atoms with Crippen molar-refractivity contribution in [1.82, 2.24) is 4.98 Å². The van der Waals surface area contributed by atoms with E-state index in [1.807, 2.05) is 25.3 Å². The summed E-state index contributed by atoms with van der Waals surface area (Å²) >= 11 is 0. The van der Waals surface area contributed by atoms with Crippen molar-refractivity contribution in [3.8, 4) is 0 Å². The molecule has 0 aromatic carbocycles. The van der Waals surface area contributed by atoms with Crippen LogP contribution in [0.5, 0.6) is 0 Å². The first kappa shape index (κ1) is 10.6. The molecule has 1 aliphatic rings. The molecule has 0 bridgehead atoms. The van der Waals surface area contributed by atoms with E-state index in [1.54, 1.807) is 13.3 Å². The monoisotopic (exact) mass is 224 g/mol. The van der Waals surface area contributed by atoms with Crippen LogP contribution >= 0.6 is 0 Å². The molecule has 2 rings (SSSR count). The minimum Gasteiger partial charge on any atom is -0.261 e. The molecule has 1 atom stereocenters. The van der Waals surface area contributed by atoms with Crippen LogP contribution in [0.25, 0.3) is 0 Å². The van der Waals surface area contributed by atoms with Crippen LogP contribution in [0.15, 0.2) is 22.7 Å². The average Bonchev–Trinajstić information content (AvgIpc) is 3.00. The minimum atomic E-state index is -2.12. The Bertz CT molecular complexity index is 480. The van der Waals surface area contributed by atoms with E-state index >= 15 is 0 Å². The van der Waals surface area contributed by atoms with Gasteiger partial charge in [-0.15, -0.1) is 0 Å². The lowest BCUT2D eigenvalue weighted by molar-refractivity contribution is 0.667. The number of hydrogen-bond acceptors (Lipinski definition) is 3. The van der Waals surface area contributed by atoms with Crippen LogP contribution in [0.4, 0.5) is 0 Å². The van der Waals surface area contributed by atoms with Gasteiger partial charge >= 0.3 is 0 Å². The molecular formula is C11H16N2OS. The largest absolute Gasteiger partial charge is 0.261 e. The van der Waals surface area contributed by atoms with Gasteiger partial charge in [-0.2, -0.15) is 0 Å². The maximum atomic E-state index is 12.3. The van der Waals surface area contributed by atoms with Gasteiger partial charge in [-0.05, 0) is 31.4 Å². The highest BCUT2D eigenvalue weighted by Gasteiger charge is 2.51. The molecule has 4 heteroatoms. The normalized spacial score (nSPS) is 21.8. The first-order valence-corrected chi connectivity index (χ1v) is 6.97. The minimum absolute atomic E-state index is 0.220. The number of aryl methyl sites for hydroxylation is 1. The predicted molar refractivity (Wildman–Crippen MR) is 62.3 cm³/mol. The van der Waals surface area contributed by atoms with Crippen LogP contribution in [0.1, 0.15) is 24.1 Å². The first-order chi connectivity index (χ1) is 7.02. The second-order valence-electron chi connectivity index (χ2n) is 4.17. The van der Waals surface area contributed by atoms with Crippen molar-refractivity contribution < 1.29 is 4.21 Å². The summed E-state index contributed by atoms with van der Waals surface area (Å²) in [6, 6.07) is 4.00. The fourth-order valence-electron chi connectivity index (χ4n) is 1.91. The van der Waals surface area contributed by atoms with Gasteiger partial charge in [0.05, 0.1) is 14.5 Å². The molecule has 15 heavy (non-hydrogen) atoms. The van der Waals surface area contributed by atoms with Crippen molar-refractivity contribution in [1.29, 1.82) is 0 Å². The summed E-state index contributed by atoms with van der Waals surface area (Å²) in [7, 11) is -0.475. The molecule has 1 unspecified atom stereocenters. The van der Waals surface area contributed by atoms with Crippen LogP contribution in [0, 0.1) is 6.92 Å². The molecule has 1 fully saturated rings. The number of pyridine rings is 1. The lowest BCUT2D eigenvalue weighted by Crippen LogP contribution is -2.19. The molecule has 1 aromatic rings. The molecule has 82 valence electrons. The lowest BCUT2D eigenvalue weighted by Gasteiger charge is -2.17. The van der Waals surface area contributed by atoms with Gasteiger partial charge in [0.1, 0.15) is 0 Å². The molecule has 0 spiro atoms. The highest BCUT2D eigenvalue weighted by Crippen LogP contribution is 2.52. The van der Waals surface area contributed by atoms with Gasteiger partial charge in [-0.3, -0.25) is 4.98 Å². The Balaban J connectivity index is 2.48. The molecule has 0 aliphatic heterocycles. The molecule has 0 saturated heterocycles. The third-order valence-corrected chi connectivity index (χ3v) is 6.01. The van der Waals surface area contributed by atoms with Gasteiger partial charge < -0.3 is 0 Å². The van der Waals surface area contributed by atoms with E-state index in [0.717, 1.165) is 24.1 Å². The van der Waals surface area contributed by atoms with Gasteiger partial charge in [-0.1, -0.05) is 6.07 Å². The lowest BCUT2D eigenvalue weighted by atomic mass is 10.2. The molecule has 1 aliphatic carbocycles. The molecule has 0 radical (unpaired) electrons. The number of rotatable bonds is 2. The molecule has 1 saturated carbocycles. The Morgan fingerprint density at radius 3 is 2.53 bits per heavy atom. The van der Waals surface area contributed by atoms with E-state index in [1.165, 1.54) is 0 Å². The zero-order chi connectivity index (χ0) is 11.1.